The highest BCUT2D eigenvalue weighted by Crippen LogP contribution is 2.35. The SMILES string of the molecule is CN(C)Cc1cc(C#N)c(C=C(F)F)cc1Oc1ccccc1[N+](=O)[O-]. The maximum absolute atomic E-state index is 12.7. The van der Waals surface area contributed by atoms with E-state index in [9.17, 15) is 24.2 Å². The maximum atomic E-state index is 12.7. The van der Waals surface area contributed by atoms with Crippen molar-refractivity contribution in [2.24, 2.45) is 0 Å². The number of hydrogen-bond donors (Lipinski definition) is 0. The highest BCUT2D eigenvalue weighted by atomic mass is 19.3. The van der Waals surface area contributed by atoms with E-state index in [1.165, 1.54) is 30.3 Å². The number of nitro benzene ring substituents is 1. The Labute approximate surface area is 148 Å². The smallest absolute Gasteiger partial charge is 0.311 e. The molecule has 0 heterocycles. The molecule has 8 heteroatoms. The molecule has 2 aromatic rings. The number of nitrogens with zero attached hydrogens (tertiary/aromatic N) is 3. The van der Waals surface area contributed by atoms with Gasteiger partial charge in [-0.1, -0.05) is 12.1 Å². The lowest BCUT2D eigenvalue weighted by atomic mass is 10.0. The van der Waals surface area contributed by atoms with E-state index in [4.69, 9.17) is 4.74 Å². The minimum Gasteiger partial charge on any atom is -0.450 e. The summed E-state index contributed by atoms with van der Waals surface area (Å²) >= 11 is 0. The quantitative estimate of drug-likeness (QED) is 0.558. The van der Waals surface area contributed by atoms with Gasteiger partial charge in [0.15, 0.2) is 0 Å². The molecule has 0 atom stereocenters. The van der Waals surface area contributed by atoms with Crippen LogP contribution in [-0.2, 0) is 6.54 Å². The van der Waals surface area contributed by atoms with E-state index in [2.05, 4.69) is 0 Å². The maximum Gasteiger partial charge on any atom is 0.311 e. The summed E-state index contributed by atoms with van der Waals surface area (Å²) in [7, 11) is 3.58. The molecule has 0 saturated heterocycles. The lowest BCUT2D eigenvalue weighted by molar-refractivity contribution is -0.385. The van der Waals surface area contributed by atoms with Crippen LogP contribution in [0.1, 0.15) is 16.7 Å². The molecule has 0 saturated carbocycles. The van der Waals surface area contributed by atoms with Gasteiger partial charge in [-0.15, -0.1) is 0 Å². The molecule has 0 aliphatic rings. The molecule has 6 nitrogen and oxygen atoms in total. The molecule has 0 aliphatic carbocycles. The minimum absolute atomic E-state index is 0.0159. The van der Waals surface area contributed by atoms with Crippen LogP contribution in [0.2, 0.25) is 0 Å². The summed E-state index contributed by atoms with van der Waals surface area (Å²) in [4.78, 5) is 12.4. The standard InChI is InChI=1S/C18H15F2N3O3/c1-22(2)11-14-7-13(10-21)12(9-18(19)20)8-17(14)26-16-6-4-3-5-15(16)23(24)25/h3-9H,11H2,1-2H3. The number of ether oxygens (including phenoxy) is 1. The molecule has 134 valence electrons. The zero-order chi connectivity index (χ0) is 19.3. The van der Waals surface area contributed by atoms with Crippen molar-refractivity contribution < 1.29 is 18.4 Å². The first kappa shape index (κ1) is 19.0. The van der Waals surface area contributed by atoms with Crippen molar-refractivity contribution in [1.29, 1.82) is 5.26 Å². The Balaban J connectivity index is 2.60. The van der Waals surface area contributed by atoms with Gasteiger partial charge < -0.3 is 9.64 Å². The Morgan fingerprint density at radius 2 is 2.00 bits per heavy atom. The monoisotopic (exact) mass is 359 g/mol. The van der Waals surface area contributed by atoms with Crippen LogP contribution in [0.4, 0.5) is 14.5 Å². The van der Waals surface area contributed by atoms with Crippen molar-refractivity contribution in [1.82, 2.24) is 4.90 Å². The fourth-order valence-corrected chi connectivity index (χ4v) is 2.35. The fraction of sp³-hybridized carbons (Fsp3) is 0.167. The van der Waals surface area contributed by atoms with Crippen molar-refractivity contribution in [3.8, 4) is 17.6 Å². The molecule has 0 bridgehead atoms. The highest BCUT2D eigenvalue weighted by molar-refractivity contribution is 5.63. The molecule has 0 spiro atoms. The van der Waals surface area contributed by atoms with Gasteiger partial charge in [0.05, 0.1) is 16.6 Å². The molecule has 0 fully saturated rings. The van der Waals surface area contributed by atoms with E-state index in [-0.39, 0.29) is 28.3 Å². The van der Waals surface area contributed by atoms with Gasteiger partial charge in [0, 0.05) is 29.8 Å². The van der Waals surface area contributed by atoms with Gasteiger partial charge in [-0.3, -0.25) is 10.1 Å². The van der Waals surface area contributed by atoms with E-state index in [0.717, 1.165) is 0 Å². The zero-order valence-electron chi connectivity index (χ0n) is 14.1. The van der Waals surface area contributed by atoms with Crippen LogP contribution < -0.4 is 4.74 Å². The third-order valence-electron chi connectivity index (χ3n) is 3.39. The Kier molecular flexibility index (Phi) is 5.98. The summed E-state index contributed by atoms with van der Waals surface area (Å²) in [5, 5.41) is 20.4. The second-order valence-electron chi connectivity index (χ2n) is 5.66. The third kappa shape index (κ3) is 4.62. The van der Waals surface area contributed by atoms with Crippen molar-refractivity contribution in [3.05, 3.63) is 69.3 Å². The van der Waals surface area contributed by atoms with Crippen LogP contribution in [0.3, 0.4) is 0 Å². The van der Waals surface area contributed by atoms with Gasteiger partial charge >= 0.3 is 5.69 Å². The van der Waals surface area contributed by atoms with Gasteiger partial charge in [0.25, 0.3) is 6.08 Å². The predicted octanol–water partition coefficient (Wildman–Crippen LogP) is 4.56. The number of benzene rings is 2. The predicted molar refractivity (Wildman–Crippen MR) is 91.9 cm³/mol. The number of rotatable bonds is 6. The Morgan fingerprint density at radius 1 is 1.31 bits per heavy atom. The lowest BCUT2D eigenvalue weighted by Crippen LogP contribution is -2.12. The first-order valence-corrected chi connectivity index (χ1v) is 7.47. The Bertz CT molecular complexity index is 901. The van der Waals surface area contributed by atoms with Gasteiger partial charge in [0.1, 0.15) is 5.75 Å². The lowest BCUT2D eigenvalue weighted by Gasteiger charge is -2.16. The molecule has 0 unspecified atom stereocenters. The summed E-state index contributed by atoms with van der Waals surface area (Å²) in [5.41, 5.74) is 0.329. The van der Waals surface area contributed by atoms with Crippen LogP contribution in [0.25, 0.3) is 6.08 Å². The summed E-state index contributed by atoms with van der Waals surface area (Å²) in [6.07, 6.45) is -1.40. The largest absolute Gasteiger partial charge is 0.450 e. The van der Waals surface area contributed by atoms with Crippen molar-refractivity contribution in [2.45, 2.75) is 6.54 Å². The number of nitro groups is 1. The summed E-state index contributed by atoms with van der Waals surface area (Å²) in [6.45, 7) is 0.354. The van der Waals surface area contributed by atoms with Crippen molar-refractivity contribution in [2.75, 3.05) is 14.1 Å². The second-order valence-corrected chi connectivity index (χ2v) is 5.66. The second kappa shape index (κ2) is 8.18. The first-order valence-electron chi connectivity index (χ1n) is 7.47. The summed E-state index contributed by atoms with van der Waals surface area (Å²) < 4.78 is 31.1. The van der Waals surface area contributed by atoms with Crippen LogP contribution in [0, 0.1) is 21.4 Å². The zero-order valence-corrected chi connectivity index (χ0v) is 14.1. The molecule has 0 aromatic heterocycles. The number of para-hydroxylation sites is 2. The summed E-state index contributed by atoms with van der Waals surface area (Å²) in [6, 6.07) is 10.4. The Morgan fingerprint density at radius 3 is 2.58 bits per heavy atom. The van der Waals surface area contributed by atoms with E-state index in [1.807, 2.05) is 6.07 Å². The van der Waals surface area contributed by atoms with E-state index in [0.29, 0.717) is 18.2 Å². The molecule has 2 rings (SSSR count). The van der Waals surface area contributed by atoms with Crippen LogP contribution in [0.15, 0.2) is 42.5 Å². The van der Waals surface area contributed by atoms with Crippen LogP contribution in [-0.4, -0.2) is 23.9 Å². The molecular weight excluding hydrogens is 344 g/mol. The van der Waals surface area contributed by atoms with Crippen LogP contribution >= 0.6 is 0 Å². The van der Waals surface area contributed by atoms with E-state index in [1.54, 1.807) is 25.1 Å². The first-order chi connectivity index (χ1) is 12.3. The average Bonchev–Trinajstić information content (AvgIpc) is 2.56. The Hall–Kier alpha value is -3.31. The fourth-order valence-electron chi connectivity index (χ4n) is 2.35. The normalized spacial score (nSPS) is 10.3. The van der Waals surface area contributed by atoms with Gasteiger partial charge in [-0.2, -0.15) is 14.0 Å². The minimum atomic E-state index is -1.96. The number of hydrogen-bond acceptors (Lipinski definition) is 5. The average molecular weight is 359 g/mol. The number of nitriles is 1. The van der Waals surface area contributed by atoms with E-state index < -0.39 is 11.0 Å². The van der Waals surface area contributed by atoms with Crippen LogP contribution in [0.5, 0.6) is 11.5 Å². The molecular formula is C18H15F2N3O3. The highest BCUT2D eigenvalue weighted by Gasteiger charge is 2.18. The molecule has 26 heavy (non-hydrogen) atoms. The molecule has 0 aliphatic heterocycles. The summed E-state index contributed by atoms with van der Waals surface area (Å²) in [5.74, 6) is 0.150. The van der Waals surface area contributed by atoms with Crippen molar-refractivity contribution in [3.63, 3.8) is 0 Å². The molecule has 2 aromatic carbocycles. The van der Waals surface area contributed by atoms with E-state index >= 15 is 0 Å². The van der Waals surface area contributed by atoms with Crippen molar-refractivity contribution >= 4 is 11.8 Å². The number of halogens is 2. The van der Waals surface area contributed by atoms with Gasteiger partial charge in [-0.05, 0) is 32.3 Å². The molecule has 0 amide bonds. The topological polar surface area (TPSA) is 79.4 Å². The van der Waals surface area contributed by atoms with Gasteiger partial charge in [-0.25, -0.2) is 0 Å². The third-order valence-corrected chi connectivity index (χ3v) is 3.39. The molecule has 0 radical (unpaired) electrons. The van der Waals surface area contributed by atoms with Gasteiger partial charge in [0.2, 0.25) is 5.75 Å². The molecule has 0 N–H and O–H groups in total.